The lowest BCUT2D eigenvalue weighted by Gasteiger charge is -2.25. The third-order valence-electron chi connectivity index (χ3n) is 13.0. The van der Waals surface area contributed by atoms with Crippen molar-refractivity contribution in [2.75, 3.05) is 57.8 Å². The lowest BCUT2D eigenvalue weighted by atomic mass is 9.89. The summed E-state index contributed by atoms with van der Waals surface area (Å²) in [4.78, 5) is 61.9. The number of carboxylic acids is 2. The molecule has 3 aliphatic heterocycles. The van der Waals surface area contributed by atoms with Crippen LogP contribution in [-0.2, 0) is 34.1 Å². The number of pyridine rings is 1. The summed E-state index contributed by atoms with van der Waals surface area (Å²) in [5.74, 6) is -1.97. The molecular formula is C51H51ClN6O8. The first-order valence-electron chi connectivity index (χ1n) is 22.0. The highest BCUT2D eigenvalue weighted by molar-refractivity contribution is 6.32. The summed E-state index contributed by atoms with van der Waals surface area (Å²) in [7, 11) is 1.63. The highest BCUT2D eigenvalue weighted by atomic mass is 35.5. The number of rotatable bonds is 15. The average molecular weight is 911 g/mol. The van der Waals surface area contributed by atoms with Gasteiger partial charge >= 0.3 is 11.9 Å². The van der Waals surface area contributed by atoms with E-state index in [1.165, 1.54) is 11.1 Å². The molecular weight excluding hydrogens is 860 g/mol. The number of carbonyl (C=O) groups excluding carboxylic acids is 2. The number of hydrogen-bond acceptors (Lipinski definition) is 10. The molecule has 0 radical (unpaired) electrons. The zero-order valence-corrected chi connectivity index (χ0v) is 37.9. The number of hydrogen-bond donors (Lipinski definition) is 2. The number of halogens is 1. The van der Waals surface area contributed by atoms with Gasteiger partial charge in [0.2, 0.25) is 5.91 Å². The number of nitrogens with zero attached hydrogens (tertiary/aromatic N) is 6. The summed E-state index contributed by atoms with van der Waals surface area (Å²) >= 11 is 6.89. The van der Waals surface area contributed by atoms with E-state index in [2.05, 4.69) is 46.8 Å². The minimum Gasteiger partial charge on any atom is -0.488 e. The average Bonchev–Trinajstić information content (AvgIpc) is 3.98. The normalized spacial score (nSPS) is 17.7. The number of aliphatic carboxylic acids is 2. The van der Waals surface area contributed by atoms with Crippen molar-refractivity contribution in [3.63, 3.8) is 0 Å². The van der Waals surface area contributed by atoms with E-state index < -0.39 is 23.8 Å². The van der Waals surface area contributed by atoms with Crippen LogP contribution in [0.4, 0.5) is 5.69 Å². The third kappa shape index (κ3) is 9.89. The fourth-order valence-corrected chi connectivity index (χ4v) is 9.45. The molecule has 0 aliphatic carbocycles. The predicted molar refractivity (Wildman–Crippen MR) is 248 cm³/mol. The van der Waals surface area contributed by atoms with Gasteiger partial charge < -0.3 is 34.4 Å². The molecule has 2 fully saturated rings. The van der Waals surface area contributed by atoms with Crippen LogP contribution in [0, 0.1) is 37.0 Å². The summed E-state index contributed by atoms with van der Waals surface area (Å²) in [5.41, 5.74) is 9.62. The zero-order chi connectivity index (χ0) is 46.6. The van der Waals surface area contributed by atoms with Gasteiger partial charge in [0.15, 0.2) is 0 Å². The topological polar surface area (TPSA) is 177 Å². The van der Waals surface area contributed by atoms with Gasteiger partial charge in [-0.2, -0.15) is 5.26 Å². The Morgan fingerprint density at radius 2 is 1.47 bits per heavy atom. The van der Waals surface area contributed by atoms with Crippen LogP contribution in [0.1, 0.15) is 56.6 Å². The fraction of sp³-hybridized carbons (Fsp3) is 0.333. The Bertz CT molecular complexity index is 2760. The molecule has 2 atom stereocenters. The van der Waals surface area contributed by atoms with E-state index in [1.807, 2.05) is 42.5 Å². The van der Waals surface area contributed by atoms with Gasteiger partial charge in [0, 0.05) is 69.4 Å². The van der Waals surface area contributed by atoms with E-state index in [9.17, 15) is 34.7 Å². The van der Waals surface area contributed by atoms with Gasteiger partial charge in [0.05, 0.1) is 33.7 Å². The highest BCUT2D eigenvalue weighted by Crippen LogP contribution is 2.39. The molecule has 0 spiro atoms. The molecule has 340 valence electrons. The number of carboxylic acid groups (broad SMARTS) is 2. The Morgan fingerprint density at radius 3 is 2.20 bits per heavy atom. The van der Waals surface area contributed by atoms with Crippen molar-refractivity contribution >= 4 is 41.0 Å². The first-order chi connectivity index (χ1) is 31.8. The van der Waals surface area contributed by atoms with Crippen molar-refractivity contribution in [2.24, 2.45) is 11.8 Å². The van der Waals surface area contributed by atoms with Gasteiger partial charge in [0.25, 0.3) is 5.91 Å². The van der Waals surface area contributed by atoms with Gasteiger partial charge in [0.1, 0.15) is 37.3 Å². The maximum absolute atomic E-state index is 13.8. The number of fused-ring (bicyclic) bond motifs is 1. The maximum atomic E-state index is 13.8. The van der Waals surface area contributed by atoms with E-state index in [0.717, 1.165) is 44.5 Å². The van der Waals surface area contributed by atoms with Crippen LogP contribution < -0.4 is 14.4 Å². The van der Waals surface area contributed by atoms with Crippen molar-refractivity contribution < 1.29 is 38.9 Å². The SMILES string of the molecule is Cc1c(COc2cc(OCc3cncc(C#N)c3)c(CN3CC[C@H](C(=O)O)C3)cc2Cl)cccc1-c1cccc(-c2ccc3c(c2)C(=O)N(C)CC(=O)N3CCN2CC[C@@H](C(=O)O)C2)c1C. The molecule has 2 N–H and O–H groups in total. The second kappa shape index (κ2) is 19.8. The number of likely N-dealkylation sites (N-methyl/N-ethyl adjacent to an activating group) is 1. The molecule has 15 heteroatoms. The lowest BCUT2D eigenvalue weighted by molar-refractivity contribution is -0.142. The van der Waals surface area contributed by atoms with Crippen LogP contribution in [0.5, 0.6) is 11.5 Å². The van der Waals surface area contributed by atoms with Crippen LogP contribution in [0.25, 0.3) is 22.3 Å². The molecule has 14 nitrogen and oxygen atoms in total. The number of likely N-dealkylation sites (tertiary alicyclic amines) is 2. The molecule has 0 bridgehead atoms. The van der Waals surface area contributed by atoms with Gasteiger partial charge in [-0.3, -0.25) is 29.1 Å². The molecule has 0 saturated carbocycles. The molecule has 1 aromatic heterocycles. The second-order valence-electron chi connectivity index (χ2n) is 17.4. The molecule has 5 aromatic rings. The molecule has 0 unspecified atom stereocenters. The summed E-state index contributed by atoms with van der Waals surface area (Å²) in [5, 5.41) is 28.8. The minimum absolute atomic E-state index is 0.0622. The van der Waals surface area contributed by atoms with Gasteiger partial charge in [-0.15, -0.1) is 0 Å². The summed E-state index contributed by atoms with van der Waals surface area (Å²) < 4.78 is 12.8. The molecule has 3 aliphatic rings. The van der Waals surface area contributed by atoms with E-state index in [4.69, 9.17) is 21.1 Å². The number of benzene rings is 4. The Hall–Kier alpha value is -6.79. The highest BCUT2D eigenvalue weighted by Gasteiger charge is 2.33. The third-order valence-corrected chi connectivity index (χ3v) is 13.3. The maximum Gasteiger partial charge on any atom is 0.307 e. The van der Waals surface area contributed by atoms with E-state index in [0.29, 0.717) is 97.6 Å². The lowest BCUT2D eigenvalue weighted by Crippen LogP contribution is -2.41. The zero-order valence-electron chi connectivity index (χ0n) is 37.1. The van der Waals surface area contributed by atoms with Crippen LogP contribution >= 0.6 is 11.6 Å². The number of nitriles is 1. The van der Waals surface area contributed by atoms with Crippen LogP contribution in [0.15, 0.2) is 85.2 Å². The van der Waals surface area contributed by atoms with Gasteiger partial charge in [-0.1, -0.05) is 54.1 Å². The largest absolute Gasteiger partial charge is 0.488 e. The van der Waals surface area contributed by atoms with E-state index in [1.54, 1.807) is 36.3 Å². The monoisotopic (exact) mass is 910 g/mol. The second-order valence-corrected chi connectivity index (χ2v) is 17.8. The van der Waals surface area contributed by atoms with Gasteiger partial charge in [-0.05, 0) is 103 Å². The number of carbonyl (C=O) groups is 4. The molecule has 8 rings (SSSR count). The Balaban J connectivity index is 1.03. The summed E-state index contributed by atoms with van der Waals surface area (Å²) in [6.07, 6.45) is 4.26. The quantitative estimate of drug-likeness (QED) is 0.106. The molecule has 4 aromatic carbocycles. The van der Waals surface area contributed by atoms with Crippen molar-refractivity contribution in [2.45, 2.75) is 46.4 Å². The molecule has 2 saturated heterocycles. The van der Waals surface area contributed by atoms with E-state index >= 15 is 0 Å². The fourth-order valence-electron chi connectivity index (χ4n) is 9.21. The summed E-state index contributed by atoms with van der Waals surface area (Å²) in [6, 6.07) is 25.2. The summed E-state index contributed by atoms with van der Waals surface area (Å²) in [6.45, 7) is 7.79. The molecule has 2 amide bonds. The smallest absolute Gasteiger partial charge is 0.307 e. The molecule has 4 heterocycles. The van der Waals surface area contributed by atoms with Gasteiger partial charge in [-0.25, -0.2) is 0 Å². The Labute approximate surface area is 388 Å². The molecule has 66 heavy (non-hydrogen) atoms. The Kier molecular flexibility index (Phi) is 13.7. The standard InChI is InChI=1S/C51H51ClN6O8/c1-31-38(30-66-47-21-46(65-29-34-18-33(22-53)23-54-24-34)39(20-44(47)52)27-57-15-13-37(26-57)51(63)64)6-4-8-41(31)42-9-5-7-40(32(42)2)35-10-11-45-43(19-35)49(60)55(3)28-48(59)58(45)17-16-56-14-12-36(25-56)50(61)62/h4-11,18-21,23-24,36-37H,12-17,25-30H2,1-3H3,(H,61,62)(H,63,64)/t36-,37+/m1/s1. The number of ether oxygens (including phenoxy) is 2. The Morgan fingerprint density at radius 1 is 0.788 bits per heavy atom. The predicted octanol–water partition coefficient (Wildman–Crippen LogP) is 7.45. The van der Waals surface area contributed by atoms with Crippen molar-refractivity contribution in [1.82, 2.24) is 19.7 Å². The minimum atomic E-state index is -0.809. The van der Waals surface area contributed by atoms with Crippen molar-refractivity contribution in [3.05, 3.63) is 129 Å². The number of aromatic nitrogens is 1. The van der Waals surface area contributed by atoms with Crippen molar-refractivity contribution in [3.8, 4) is 39.8 Å². The van der Waals surface area contributed by atoms with Crippen LogP contribution in [0.2, 0.25) is 5.02 Å². The van der Waals surface area contributed by atoms with Crippen LogP contribution in [-0.4, -0.2) is 107 Å². The van der Waals surface area contributed by atoms with E-state index in [-0.39, 0.29) is 31.6 Å². The first kappa shape index (κ1) is 45.8. The first-order valence-corrected chi connectivity index (χ1v) is 22.4. The van der Waals surface area contributed by atoms with Crippen LogP contribution in [0.3, 0.4) is 0 Å². The number of anilines is 1. The number of amides is 2. The van der Waals surface area contributed by atoms with Crippen molar-refractivity contribution in [1.29, 1.82) is 5.26 Å².